The smallest absolute Gasteiger partial charge is 0.279 e. The number of piperazine rings is 1. The first-order valence-corrected chi connectivity index (χ1v) is 8.77. The van der Waals surface area contributed by atoms with Gasteiger partial charge in [0.25, 0.3) is 5.56 Å². The van der Waals surface area contributed by atoms with Crippen molar-refractivity contribution in [3.8, 4) is 17.0 Å². The molecule has 1 fully saturated rings. The molecule has 0 bridgehead atoms. The lowest BCUT2D eigenvalue weighted by molar-refractivity contribution is 0.415. The minimum Gasteiger partial charge on any atom is -0.497 e. The fourth-order valence-corrected chi connectivity index (χ4v) is 3.10. The molecule has 3 aromatic rings. The van der Waals surface area contributed by atoms with Crippen LogP contribution in [0.25, 0.3) is 11.3 Å². The van der Waals surface area contributed by atoms with Gasteiger partial charge in [-0.3, -0.25) is 9.78 Å². The highest BCUT2D eigenvalue weighted by Crippen LogP contribution is 2.19. The first-order chi connectivity index (χ1) is 13.2. The topological polar surface area (TPSA) is 87.2 Å². The molecule has 3 heterocycles. The van der Waals surface area contributed by atoms with Crippen LogP contribution in [-0.2, 0) is 0 Å². The predicted octanol–water partition coefficient (Wildman–Crippen LogP) is 1.56. The van der Waals surface area contributed by atoms with Crippen LogP contribution in [0.15, 0.2) is 53.5 Å². The molecule has 1 saturated heterocycles. The van der Waals surface area contributed by atoms with Crippen molar-refractivity contribution in [3.05, 3.63) is 59.0 Å². The number of benzene rings is 1. The minimum absolute atomic E-state index is 0.252. The van der Waals surface area contributed by atoms with Crippen LogP contribution in [-0.4, -0.2) is 53.5 Å². The van der Waals surface area contributed by atoms with Gasteiger partial charge >= 0.3 is 0 Å². The molecule has 0 atom stereocenters. The highest BCUT2D eigenvalue weighted by atomic mass is 16.5. The Bertz CT molecular complexity index is 950. The normalized spacial score (nSPS) is 14.3. The summed E-state index contributed by atoms with van der Waals surface area (Å²) in [5, 5.41) is 8.39. The maximum atomic E-state index is 12.5. The van der Waals surface area contributed by atoms with Crippen molar-refractivity contribution in [1.29, 1.82) is 0 Å². The molecule has 27 heavy (non-hydrogen) atoms. The number of ether oxygens (including phenoxy) is 1. The second kappa shape index (κ2) is 7.45. The molecular formula is C19H20N6O2. The molecule has 0 unspecified atom stereocenters. The van der Waals surface area contributed by atoms with E-state index in [-0.39, 0.29) is 5.56 Å². The van der Waals surface area contributed by atoms with Gasteiger partial charge in [0.2, 0.25) is 5.95 Å². The zero-order valence-electron chi connectivity index (χ0n) is 15.0. The van der Waals surface area contributed by atoms with E-state index in [2.05, 4.69) is 25.1 Å². The highest BCUT2D eigenvalue weighted by Gasteiger charge is 2.20. The van der Waals surface area contributed by atoms with Gasteiger partial charge in [-0.2, -0.15) is 0 Å². The second-order valence-electron chi connectivity index (χ2n) is 6.22. The van der Waals surface area contributed by atoms with Crippen molar-refractivity contribution in [2.45, 2.75) is 0 Å². The van der Waals surface area contributed by atoms with Gasteiger partial charge in [-0.15, -0.1) is 10.2 Å². The molecule has 138 valence electrons. The van der Waals surface area contributed by atoms with E-state index in [0.717, 1.165) is 37.7 Å². The number of aromatic nitrogens is 4. The molecule has 8 nitrogen and oxygen atoms in total. The maximum absolute atomic E-state index is 12.5. The van der Waals surface area contributed by atoms with Gasteiger partial charge in [0.05, 0.1) is 7.11 Å². The van der Waals surface area contributed by atoms with E-state index in [1.54, 1.807) is 37.6 Å². The molecule has 1 aliphatic heterocycles. The van der Waals surface area contributed by atoms with Crippen LogP contribution in [0.1, 0.15) is 0 Å². The molecule has 0 aliphatic carbocycles. The fourth-order valence-electron chi connectivity index (χ4n) is 3.10. The SMILES string of the molecule is COc1ccc(-c2nnc(N3CCN(c4ccccn4)CC3)[nH]c2=O)cc1. The number of rotatable bonds is 4. The van der Waals surface area contributed by atoms with Gasteiger partial charge in [0.15, 0.2) is 5.69 Å². The molecule has 1 aromatic carbocycles. The Labute approximate surface area is 156 Å². The van der Waals surface area contributed by atoms with E-state index in [1.807, 2.05) is 23.1 Å². The standard InChI is InChI=1S/C19H20N6O2/c1-27-15-7-5-14(6-8-15)17-18(26)21-19(23-22-17)25-12-10-24(11-13-25)16-4-2-3-9-20-16/h2-9H,10-13H2,1H3,(H,21,23,26). The quantitative estimate of drug-likeness (QED) is 0.752. The van der Waals surface area contributed by atoms with Gasteiger partial charge in [-0.25, -0.2) is 4.98 Å². The third-order valence-electron chi connectivity index (χ3n) is 4.60. The Morgan fingerprint density at radius 2 is 1.70 bits per heavy atom. The predicted molar refractivity (Wildman–Crippen MR) is 103 cm³/mol. The summed E-state index contributed by atoms with van der Waals surface area (Å²) in [5.74, 6) is 2.19. The monoisotopic (exact) mass is 364 g/mol. The lowest BCUT2D eigenvalue weighted by Gasteiger charge is -2.35. The number of aromatic amines is 1. The zero-order valence-corrected chi connectivity index (χ0v) is 15.0. The van der Waals surface area contributed by atoms with Crippen LogP contribution in [0.4, 0.5) is 11.8 Å². The maximum Gasteiger partial charge on any atom is 0.279 e. The summed E-state index contributed by atoms with van der Waals surface area (Å²) < 4.78 is 5.14. The molecule has 2 aromatic heterocycles. The van der Waals surface area contributed by atoms with Crippen molar-refractivity contribution in [2.24, 2.45) is 0 Å². The number of hydrogen-bond acceptors (Lipinski definition) is 7. The summed E-state index contributed by atoms with van der Waals surface area (Å²) in [7, 11) is 1.60. The summed E-state index contributed by atoms with van der Waals surface area (Å²) >= 11 is 0. The summed E-state index contributed by atoms with van der Waals surface area (Å²) in [6.45, 7) is 3.09. The van der Waals surface area contributed by atoms with Crippen LogP contribution < -0.4 is 20.1 Å². The Morgan fingerprint density at radius 1 is 0.963 bits per heavy atom. The summed E-state index contributed by atoms with van der Waals surface area (Å²) in [5.41, 5.74) is 0.752. The van der Waals surface area contributed by atoms with Crippen molar-refractivity contribution in [2.75, 3.05) is 43.1 Å². The van der Waals surface area contributed by atoms with Gasteiger partial charge in [-0.05, 0) is 36.4 Å². The number of nitrogens with one attached hydrogen (secondary N) is 1. The van der Waals surface area contributed by atoms with Crippen LogP contribution >= 0.6 is 0 Å². The van der Waals surface area contributed by atoms with Gasteiger partial charge in [-0.1, -0.05) is 6.07 Å². The summed E-state index contributed by atoms with van der Waals surface area (Å²) in [4.78, 5) is 24.0. The summed E-state index contributed by atoms with van der Waals surface area (Å²) in [6, 6.07) is 13.1. The molecule has 0 radical (unpaired) electrons. The number of H-pyrrole nitrogens is 1. The fraction of sp³-hybridized carbons (Fsp3) is 0.263. The molecular weight excluding hydrogens is 344 g/mol. The second-order valence-corrected chi connectivity index (χ2v) is 6.22. The number of nitrogens with zero attached hydrogens (tertiary/aromatic N) is 5. The van der Waals surface area contributed by atoms with Crippen LogP contribution in [0, 0.1) is 0 Å². The molecule has 8 heteroatoms. The van der Waals surface area contributed by atoms with E-state index in [4.69, 9.17) is 4.74 Å². The molecule has 0 spiro atoms. The van der Waals surface area contributed by atoms with Crippen molar-refractivity contribution in [3.63, 3.8) is 0 Å². The van der Waals surface area contributed by atoms with Crippen molar-refractivity contribution < 1.29 is 4.74 Å². The van der Waals surface area contributed by atoms with E-state index in [9.17, 15) is 4.79 Å². The van der Waals surface area contributed by atoms with E-state index in [1.165, 1.54) is 0 Å². The third kappa shape index (κ3) is 3.59. The average Bonchev–Trinajstić information content (AvgIpc) is 2.74. The first kappa shape index (κ1) is 17.0. The van der Waals surface area contributed by atoms with Crippen molar-refractivity contribution >= 4 is 11.8 Å². The molecule has 1 N–H and O–H groups in total. The Balaban J connectivity index is 1.47. The summed E-state index contributed by atoms with van der Waals surface area (Å²) in [6.07, 6.45) is 1.79. The number of pyridine rings is 1. The molecule has 0 saturated carbocycles. The highest BCUT2D eigenvalue weighted by molar-refractivity contribution is 5.59. The van der Waals surface area contributed by atoms with Gasteiger partial charge in [0, 0.05) is 37.9 Å². The van der Waals surface area contributed by atoms with Crippen LogP contribution in [0.3, 0.4) is 0 Å². The van der Waals surface area contributed by atoms with Gasteiger partial charge in [0.1, 0.15) is 11.6 Å². The first-order valence-electron chi connectivity index (χ1n) is 8.77. The minimum atomic E-state index is -0.252. The number of anilines is 2. The molecule has 4 rings (SSSR count). The largest absolute Gasteiger partial charge is 0.497 e. The van der Waals surface area contributed by atoms with E-state index in [0.29, 0.717) is 17.2 Å². The Kier molecular flexibility index (Phi) is 4.69. The van der Waals surface area contributed by atoms with E-state index < -0.39 is 0 Å². The number of hydrogen-bond donors (Lipinski definition) is 1. The zero-order chi connectivity index (χ0) is 18.6. The lowest BCUT2D eigenvalue weighted by Crippen LogP contribution is -2.47. The van der Waals surface area contributed by atoms with Gasteiger partial charge < -0.3 is 14.5 Å². The van der Waals surface area contributed by atoms with Crippen LogP contribution in [0.2, 0.25) is 0 Å². The lowest BCUT2D eigenvalue weighted by atomic mass is 10.1. The van der Waals surface area contributed by atoms with Crippen LogP contribution in [0.5, 0.6) is 5.75 Å². The molecule has 0 amide bonds. The third-order valence-corrected chi connectivity index (χ3v) is 4.60. The van der Waals surface area contributed by atoms with Crippen molar-refractivity contribution in [1.82, 2.24) is 20.2 Å². The number of methoxy groups -OCH3 is 1. The molecule has 1 aliphatic rings. The average molecular weight is 364 g/mol. The Morgan fingerprint density at radius 3 is 2.33 bits per heavy atom. The van der Waals surface area contributed by atoms with E-state index >= 15 is 0 Å². The Hall–Kier alpha value is -3.42.